The summed E-state index contributed by atoms with van der Waals surface area (Å²) in [5.41, 5.74) is -1.08. The molecule has 1 aromatic rings. The summed E-state index contributed by atoms with van der Waals surface area (Å²) in [6, 6.07) is 8.88. The molecule has 1 saturated heterocycles. The Morgan fingerprint density at radius 3 is 2.50 bits per heavy atom. The third kappa shape index (κ3) is 2.11. The van der Waals surface area contributed by atoms with Gasteiger partial charge in [-0.15, -0.1) is 6.58 Å². The molecule has 7 atom stereocenters. The Morgan fingerprint density at radius 2 is 1.86 bits per heavy atom. The molecule has 22 heavy (non-hydrogen) atoms. The minimum absolute atomic E-state index is 0.123. The van der Waals surface area contributed by atoms with E-state index in [0.717, 1.165) is 0 Å². The van der Waals surface area contributed by atoms with Crippen LogP contribution in [0.5, 0.6) is 0 Å². The van der Waals surface area contributed by atoms with Gasteiger partial charge in [-0.3, -0.25) is 0 Å². The van der Waals surface area contributed by atoms with Crippen molar-refractivity contribution in [1.82, 2.24) is 0 Å². The number of hydrogen-bond donors (Lipinski definition) is 4. The molecule has 2 fully saturated rings. The predicted molar refractivity (Wildman–Crippen MR) is 77.0 cm³/mol. The van der Waals surface area contributed by atoms with E-state index in [0.29, 0.717) is 5.56 Å². The Kier molecular flexibility index (Phi) is 4.07. The minimum Gasteiger partial charge on any atom is -0.390 e. The van der Waals surface area contributed by atoms with E-state index in [9.17, 15) is 20.4 Å². The highest BCUT2D eigenvalue weighted by molar-refractivity contribution is 5.35. The molecule has 1 aliphatic heterocycles. The highest BCUT2D eigenvalue weighted by Gasteiger charge is 2.71. The van der Waals surface area contributed by atoms with E-state index in [4.69, 9.17) is 9.47 Å². The van der Waals surface area contributed by atoms with Crippen molar-refractivity contribution in [3.63, 3.8) is 0 Å². The smallest absolute Gasteiger partial charge is 0.187 e. The molecule has 0 radical (unpaired) electrons. The summed E-state index contributed by atoms with van der Waals surface area (Å²) in [7, 11) is 0. The van der Waals surface area contributed by atoms with Gasteiger partial charge in [0, 0.05) is 5.92 Å². The summed E-state index contributed by atoms with van der Waals surface area (Å²) >= 11 is 0. The number of benzene rings is 1. The van der Waals surface area contributed by atoms with E-state index in [1.807, 2.05) is 6.07 Å². The van der Waals surface area contributed by atoms with Gasteiger partial charge < -0.3 is 29.9 Å². The van der Waals surface area contributed by atoms with Crippen molar-refractivity contribution in [2.45, 2.75) is 42.2 Å². The fourth-order valence-electron chi connectivity index (χ4n) is 3.39. The van der Waals surface area contributed by atoms with Crippen LogP contribution in [0.3, 0.4) is 0 Å². The van der Waals surface area contributed by atoms with Gasteiger partial charge in [0.15, 0.2) is 6.29 Å². The van der Waals surface area contributed by atoms with Crippen molar-refractivity contribution >= 4 is 0 Å². The Morgan fingerprint density at radius 1 is 1.18 bits per heavy atom. The van der Waals surface area contributed by atoms with Crippen LogP contribution in [0.1, 0.15) is 11.5 Å². The van der Waals surface area contributed by atoms with Gasteiger partial charge in [0.2, 0.25) is 0 Å². The van der Waals surface area contributed by atoms with E-state index >= 15 is 0 Å². The molecule has 6 nitrogen and oxygen atoms in total. The van der Waals surface area contributed by atoms with Crippen molar-refractivity contribution in [3.05, 3.63) is 48.6 Å². The Bertz CT molecular complexity index is 531. The maximum Gasteiger partial charge on any atom is 0.187 e. The van der Waals surface area contributed by atoms with Crippen LogP contribution in [0.4, 0.5) is 0 Å². The van der Waals surface area contributed by atoms with Crippen molar-refractivity contribution in [3.8, 4) is 0 Å². The molecule has 6 heteroatoms. The van der Waals surface area contributed by atoms with Crippen LogP contribution < -0.4 is 0 Å². The largest absolute Gasteiger partial charge is 0.390 e. The lowest BCUT2D eigenvalue weighted by molar-refractivity contribution is -0.385. The monoisotopic (exact) mass is 308 g/mol. The predicted octanol–water partition coefficient (Wildman–Crippen LogP) is -0.475. The first-order valence-corrected chi connectivity index (χ1v) is 7.21. The lowest BCUT2D eigenvalue weighted by Crippen LogP contribution is -2.80. The first-order chi connectivity index (χ1) is 10.5. The van der Waals surface area contributed by atoms with E-state index < -0.39 is 42.2 Å². The second kappa shape index (κ2) is 5.73. The highest BCUT2D eigenvalue weighted by Crippen LogP contribution is 2.53. The van der Waals surface area contributed by atoms with Crippen LogP contribution in [0.25, 0.3) is 0 Å². The van der Waals surface area contributed by atoms with Crippen molar-refractivity contribution in [2.75, 3.05) is 6.61 Å². The number of aliphatic hydroxyl groups excluding tert-OH is 3. The zero-order chi connectivity index (χ0) is 15.9. The zero-order valence-electron chi connectivity index (χ0n) is 11.9. The minimum atomic E-state index is -1.76. The molecule has 2 aliphatic rings. The molecule has 0 spiro atoms. The van der Waals surface area contributed by atoms with Crippen molar-refractivity contribution in [1.29, 1.82) is 0 Å². The quantitative estimate of drug-likeness (QED) is 0.561. The number of fused-ring (bicyclic) bond motifs is 1. The molecule has 4 N–H and O–H groups in total. The van der Waals surface area contributed by atoms with Gasteiger partial charge in [-0.2, -0.15) is 0 Å². The second-order valence-electron chi connectivity index (χ2n) is 5.75. The molecule has 1 aliphatic carbocycles. The molecule has 1 saturated carbocycles. The lowest BCUT2D eigenvalue weighted by Gasteiger charge is -2.61. The fourth-order valence-corrected chi connectivity index (χ4v) is 3.39. The normalized spacial score (nSPS) is 44.0. The molecule has 120 valence electrons. The first-order valence-electron chi connectivity index (χ1n) is 7.21. The van der Waals surface area contributed by atoms with E-state index in [1.165, 1.54) is 6.08 Å². The summed E-state index contributed by atoms with van der Waals surface area (Å²) in [4.78, 5) is 0. The van der Waals surface area contributed by atoms with Gasteiger partial charge in [0.1, 0.15) is 23.9 Å². The molecule has 2 unspecified atom stereocenters. The third-order valence-electron chi connectivity index (χ3n) is 4.50. The highest BCUT2D eigenvalue weighted by atomic mass is 16.7. The van der Waals surface area contributed by atoms with Gasteiger partial charge in [0.05, 0.1) is 12.7 Å². The van der Waals surface area contributed by atoms with Crippen LogP contribution in [0.2, 0.25) is 0 Å². The Hall–Kier alpha value is -1.28. The standard InChI is InChI=1S/C16H20O6/c1-2-8-21-15-12(18)13(19)16(20)10(11(17)14(16)22-15)9-6-4-3-5-7-9/h2-7,10-15,17-20H,1,8H2/t10?,11?,12-,13-,14-,15+,16-/m1/s1. The van der Waals surface area contributed by atoms with Crippen molar-refractivity contribution < 1.29 is 29.9 Å². The van der Waals surface area contributed by atoms with Crippen LogP contribution in [0, 0.1) is 0 Å². The van der Waals surface area contributed by atoms with Crippen LogP contribution in [0.15, 0.2) is 43.0 Å². The maximum atomic E-state index is 10.8. The molecule has 0 aromatic heterocycles. The number of rotatable bonds is 4. The molecule has 3 rings (SSSR count). The van der Waals surface area contributed by atoms with Gasteiger partial charge >= 0.3 is 0 Å². The average Bonchev–Trinajstić information content (AvgIpc) is 2.53. The number of ether oxygens (including phenoxy) is 2. The van der Waals surface area contributed by atoms with Gasteiger partial charge in [0.25, 0.3) is 0 Å². The zero-order valence-corrected chi connectivity index (χ0v) is 11.9. The number of aliphatic hydroxyl groups is 4. The molecular formula is C16H20O6. The molecule has 1 heterocycles. The summed E-state index contributed by atoms with van der Waals surface area (Å²) < 4.78 is 10.7. The summed E-state index contributed by atoms with van der Waals surface area (Å²) in [5.74, 6) is -0.733. The van der Waals surface area contributed by atoms with Gasteiger partial charge in [-0.05, 0) is 5.56 Å². The number of hydrogen-bond acceptors (Lipinski definition) is 6. The Labute approximate surface area is 128 Å². The van der Waals surface area contributed by atoms with Gasteiger partial charge in [-0.1, -0.05) is 36.4 Å². The SMILES string of the molecule is C=CCO[C@H]1O[C@@H]2C(O)C(c3ccccc3)[C@@]2(O)[C@H](O)[C@H]1O. The lowest BCUT2D eigenvalue weighted by atomic mass is 9.57. The molecule has 1 aromatic carbocycles. The molecule has 0 bridgehead atoms. The van der Waals surface area contributed by atoms with Crippen LogP contribution in [-0.4, -0.2) is 63.3 Å². The second-order valence-corrected chi connectivity index (χ2v) is 5.75. The first kappa shape index (κ1) is 15.6. The topological polar surface area (TPSA) is 99.4 Å². The fraction of sp³-hybridized carbons (Fsp3) is 0.500. The summed E-state index contributed by atoms with van der Waals surface area (Å²) in [6.07, 6.45) is -4.57. The average molecular weight is 308 g/mol. The molecular weight excluding hydrogens is 288 g/mol. The summed E-state index contributed by atoms with van der Waals surface area (Å²) in [5, 5.41) is 41.6. The van der Waals surface area contributed by atoms with Crippen molar-refractivity contribution in [2.24, 2.45) is 0 Å². The Balaban J connectivity index is 1.86. The van der Waals surface area contributed by atoms with Crippen LogP contribution >= 0.6 is 0 Å². The van der Waals surface area contributed by atoms with E-state index in [1.54, 1.807) is 24.3 Å². The van der Waals surface area contributed by atoms with Crippen LogP contribution in [-0.2, 0) is 9.47 Å². The van der Waals surface area contributed by atoms with E-state index in [-0.39, 0.29) is 6.61 Å². The molecule has 0 amide bonds. The third-order valence-corrected chi connectivity index (χ3v) is 4.50. The van der Waals surface area contributed by atoms with E-state index in [2.05, 4.69) is 6.58 Å². The summed E-state index contributed by atoms with van der Waals surface area (Å²) in [6.45, 7) is 3.62. The van der Waals surface area contributed by atoms with Gasteiger partial charge in [-0.25, -0.2) is 0 Å². The maximum absolute atomic E-state index is 10.8.